The largest absolute Gasteiger partial charge is 0.368 e. The first-order valence-electron chi connectivity index (χ1n) is 6.98. The van der Waals surface area contributed by atoms with Gasteiger partial charge in [0.15, 0.2) is 0 Å². The third-order valence-corrected chi connectivity index (χ3v) is 3.69. The highest BCUT2D eigenvalue weighted by Gasteiger charge is 2.12. The molecule has 0 radical (unpaired) electrons. The van der Waals surface area contributed by atoms with Crippen LogP contribution in [-0.2, 0) is 0 Å². The fraction of sp³-hybridized carbons (Fsp3) is 0. The summed E-state index contributed by atoms with van der Waals surface area (Å²) in [6, 6.07) is 13.7. The summed E-state index contributed by atoms with van der Waals surface area (Å²) in [6.45, 7) is 0. The Kier molecular flexibility index (Phi) is 4.64. The first-order chi connectivity index (χ1) is 11.5. The van der Waals surface area contributed by atoms with Gasteiger partial charge in [-0.15, -0.1) is 0 Å². The van der Waals surface area contributed by atoms with E-state index in [1.165, 1.54) is 0 Å². The molecule has 3 rings (SSSR count). The molecule has 0 atom stereocenters. The summed E-state index contributed by atoms with van der Waals surface area (Å²) in [4.78, 5) is 20.5. The molecule has 0 bridgehead atoms. The van der Waals surface area contributed by atoms with E-state index in [1.54, 1.807) is 36.5 Å². The molecule has 7 heteroatoms. The van der Waals surface area contributed by atoms with Crippen molar-refractivity contribution in [1.82, 2.24) is 9.97 Å². The van der Waals surface area contributed by atoms with Crippen molar-refractivity contribution in [3.8, 4) is 11.3 Å². The maximum Gasteiger partial charge on any atom is 0.255 e. The highest BCUT2D eigenvalue weighted by atomic mass is 35.5. The van der Waals surface area contributed by atoms with Crippen LogP contribution in [0.5, 0.6) is 0 Å². The second-order valence-electron chi connectivity index (χ2n) is 4.96. The lowest BCUT2D eigenvalue weighted by Gasteiger charge is -2.11. The molecule has 0 aliphatic heterocycles. The minimum absolute atomic E-state index is 0.162. The number of benzene rings is 2. The van der Waals surface area contributed by atoms with Gasteiger partial charge in [-0.1, -0.05) is 41.4 Å². The Hall–Kier alpha value is -2.63. The minimum atomic E-state index is -0.325. The second-order valence-corrected chi connectivity index (χ2v) is 5.83. The standard InChI is InChI=1S/C17H12Cl2N4O/c18-11-7-10(8-12(19)9-11)16(24)22-14-4-2-1-3-13(14)15-5-6-21-17(20)23-15/h1-9H,(H,22,24)(H2,20,21,23). The van der Waals surface area contributed by atoms with Gasteiger partial charge >= 0.3 is 0 Å². The third kappa shape index (κ3) is 3.64. The molecule has 0 saturated carbocycles. The number of hydrogen-bond donors (Lipinski definition) is 2. The summed E-state index contributed by atoms with van der Waals surface area (Å²) in [5.74, 6) is -0.163. The molecular formula is C17H12Cl2N4O. The number of rotatable bonds is 3. The fourth-order valence-corrected chi connectivity index (χ4v) is 2.74. The number of hydrogen-bond acceptors (Lipinski definition) is 4. The Balaban J connectivity index is 1.95. The Morgan fingerprint density at radius 3 is 2.46 bits per heavy atom. The monoisotopic (exact) mass is 358 g/mol. The number of carbonyl (C=O) groups excluding carboxylic acids is 1. The van der Waals surface area contributed by atoms with Crippen LogP contribution in [0.15, 0.2) is 54.7 Å². The van der Waals surface area contributed by atoms with Crippen LogP contribution in [0.2, 0.25) is 10.0 Å². The van der Waals surface area contributed by atoms with Gasteiger partial charge < -0.3 is 11.1 Å². The van der Waals surface area contributed by atoms with E-state index in [0.717, 1.165) is 5.56 Å². The molecule has 5 nitrogen and oxygen atoms in total. The van der Waals surface area contributed by atoms with E-state index in [1.807, 2.05) is 18.2 Å². The number of nitrogens with two attached hydrogens (primary N) is 1. The van der Waals surface area contributed by atoms with Crippen LogP contribution in [0.25, 0.3) is 11.3 Å². The van der Waals surface area contributed by atoms with Crippen LogP contribution >= 0.6 is 23.2 Å². The van der Waals surface area contributed by atoms with Gasteiger partial charge in [0.25, 0.3) is 5.91 Å². The molecule has 1 heterocycles. The topological polar surface area (TPSA) is 80.9 Å². The number of carbonyl (C=O) groups is 1. The fourth-order valence-electron chi connectivity index (χ4n) is 2.22. The van der Waals surface area contributed by atoms with E-state index in [4.69, 9.17) is 28.9 Å². The zero-order chi connectivity index (χ0) is 17.1. The average Bonchev–Trinajstić information content (AvgIpc) is 2.54. The van der Waals surface area contributed by atoms with Crippen molar-refractivity contribution in [2.75, 3.05) is 11.1 Å². The van der Waals surface area contributed by atoms with E-state index in [2.05, 4.69) is 15.3 Å². The Morgan fingerprint density at radius 1 is 1.04 bits per heavy atom. The van der Waals surface area contributed by atoms with Crippen LogP contribution in [0.3, 0.4) is 0 Å². The first-order valence-corrected chi connectivity index (χ1v) is 7.74. The maximum atomic E-state index is 12.5. The molecule has 0 fully saturated rings. The highest BCUT2D eigenvalue weighted by Crippen LogP contribution is 2.27. The van der Waals surface area contributed by atoms with Gasteiger partial charge in [0.2, 0.25) is 5.95 Å². The second kappa shape index (κ2) is 6.86. The number of nitrogens with zero attached hydrogens (tertiary/aromatic N) is 2. The lowest BCUT2D eigenvalue weighted by Crippen LogP contribution is -2.13. The summed E-state index contributed by atoms with van der Waals surface area (Å²) in [6.07, 6.45) is 1.56. The molecule has 0 aliphatic carbocycles. The number of nitrogen functional groups attached to an aromatic ring is 1. The summed E-state index contributed by atoms with van der Waals surface area (Å²) in [5, 5.41) is 3.63. The van der Waals surface area contributed by atoms with Crippen molar-refractivity contribution in [2.24, 2.45) is 0 Å². The van der Waals surface area contributed by atoms with Crippen molar-refractivity contribution in [3.05, 3.63) is 70.3 Å². The van der Waals surface area contributed by atoms with Crippen molar-refractivity contribution in [1.29, 1.82) is 0 Å². The van der Waals surface area contributed by atoms with E-state index in [-0.39, 0.29) is 11.9 Å². The van der Waals surface area contributed by atoms with Gasteiger partial charge in [-0.25, -0.2) is 9.97 Å². The highest BCUT2D eigenvalue weighted by molar-refractivity contribution is 6.35. The molecule has 0 unspecified atom stereocenters. The van der Waals surface area contributed by atoms with Crippen LogP contribution in [0.1, 0.15) is 10.4 Å². The predicted octanol–water partition coefficient (Wildman–Crippen LogP) is 4.28. The zero-order valence-corrected chi connectivity index (χ0v) is 13.8. The van der Waals surface area contributed by atoms with E-state index in [0.29, 0.717) is 27.0 Å². The molecule has 24 heavy (non-hydrogen) atoms. The Bertz CT molecular complexity index is 894. The Labute approximate surface area is 148 Å². The number of aromatic nitrogens is 2. The summed E-state index contributed by atoms with van der Waals surface area (Å²) in [5.41, 5.74) is 7.94. The van der Waals surface area contributed by atoms with Gasteiger partial charge in [-0.3, -0.25) is 4.79 Å². The van der Waals surface area contributed by atoms with Gasteiger partial charge in [0.05, 0.1) is 11.4 Å². The lowest BCUT2D eigenvalue weighted by atomic mass is 10.1. The van der Waals surface area contributed by atoms with Crippen LogP contribution in [0.4, 0.5) is 11.6 Å². The SMILES string of the molecule is Nc1nccc(-c2ccccc2NC(=O)c2cc(Cl)cc(Cl)c2)n1. The van der Waals surface area contributed by atoms with Gasteiger partial charge in [0, 0.05) is 27.4 Å². The summed E-state index contributed by atoms with van der Waals surface area (Å²) in [7, 11) is 0. The molecule has 3 aromatic rings. The molecule has 3 N–H and O–H groups in total. The van der Waals surface area contributed by atoms with E-state index < -0.39 is 0 Å². The van der Waals surface area contributed by atoms with Crippen molar-refractivity contribution < 1.29 is 4.79 Å². The molecule has 2 aromatic carbocycles. The van der Waals surface area contributed by atoms with Gasteiger partial charge in [0.1, 0.15) is 0 Å². The Morgan fingerprint density at radius 2 is 1.75 bits per heavy atom. The van der Waals surface area contributed by atoms with Gasteiger partial charge in [-0.05, 0) is 30.3 Å². The van der Waals surface area contributed by atoms with Crippen molar-refractivity contribution in [2.45, 2.75) is 0 Å². The molecule has 1 amide bonds. The minimum Gasteiger partial charge on any atom is -0.368 e. The molecule has 0 aliphatic rings. The van der Waals surface area contributed by atoms with E-state index in [9.17, 15) is 4.79 Å². The number of para-hydroxylation sites is 1. The maximum absolute atomic E-state index is 12.5. The third-order valence-electron chi connectivity index (χ3n) is 3.25. The molecule has 0 spiro atoms. The lowest BCUT2D eigenvalue weighted by molar-refractivity contribution is 0.102. The average molecular weight is 359 g/mol. The van der Waals surface area contributed by atoms with Crippen LogP contribution < -0.4 is 11.1 Å². The van der Waals surface area contributed by atoms with Gasteiger partial charge in [-0.2, -0.15) is 0 Å². The quantitative estimate of drug-likeness (QED) is 0.731. The smallest absolute Gasteiger partial charge is 0.255 e. The first kappa shape index (κ1) is 16.2. The molecule has 1 aromatic heterocycles. The number of nitrogens with one attached hydrogen (secondary N) is 1. The number of halogens is 2. The normalized spacial score (nSPS) is 10.4. The van der Waals surface area contributed by atoms with E-state index >= 15 is 0 Å². The van der Waals surface area contributed by atoms with Crippen LogP contribution in [-0.4, -0.2) is 15.9 Å². The predicted molar refractivity (Wildman–Crippen MR) is 96.3 cm³/mol. The molecule has 0 saturated heterocycles. The molecule has 120 valence electrons. The summed E-state index contributed by atoms with van der Waals surface area (Å²) >= 11 is 11.9. The van der Waals surface area contributed by atoms with Crippen molar-refractivity contribution in [3.63, 3.8) is 0 Å². The summed E-state index contributed by atoms with van der Waals surface area (Å²) < 4.78 is 0. The number of anilines is 2. The van der Waals surface area contributed by atoms with Crippen molar-refractivity contribution >= 4 is 40.7 Å². The number of amides is 1. The zero-order valence-electron chi connectivity index (χ0n) is 12.3. The van der Waals surface area contributed by atoms with Crippen LogP contribution in [0, 0.1) is 0 Å². The molecular weight excluding hydrogens is 347 g/mol.